The number of rotatable bonds is 3. The number of hydrogen-bond acceptors (Lipinski definition) is 1. The summed E-state index contributed by atoms with van der Waals surface area (Å²) >= 11 is 3.54. The Morgan fingerprint density at radius 1 is 1.10 bits per heavy atom. The van der Waals surface area contributed by atoms with Crippen molar-refractivity contribution in [1.82, 2.24) is 4.57 Å². The third kappa shape index (κ3) is 2.46. The number of aryl methyl sites for hydroxylation is 1. The number of halogens is 1. The second-order valence-electron chi connectivity index (χ2n) is 4.97. The van der Waals surface area contributed by atoms with E-state index in [4.69, 9.17) is 4.74 Å². The highest BCUT2D eigenvalue weighted by Gasteiger charge is 2.05. The molecule has 102 valence electrons. The zero-order valence-corrected chi connectivity index (χ0v) is 13.1. The van der Waals surface area contributed by atoms with Gasteiger partial charge in [0.15, 0.2) is 0 Å². The van der Waals surface area contributed by atoms with Gasteiger partial charge in [-0.05, 0) is 63.6 Å². The SMILES string of the molecule is COc1ccc(Cn2ccc3ccc(C)cc32)cc1Br. The molecule has 0 saturated carbocycles. The Morgan fingerprint density at radius 3 is 2.70 bits per heavy atom. The van der Waals surface area contributed by atoms with Crippen LogP contribution in [0.15, 0.2) is 53.1 Å². The van der Waals surface area contributed by atoms with Crippen molar-refractivity contribution in [1.29, 1.82) is 0 Å². The fourth-order valence-corrected chi connectivity index (χ4v) is 3.02. The van der Waals surface area contributed by atoms with Gasteiger partial charge in [-0.15, -0.1) is 0 Å². The summed E-state index contributed by atoms with van der Waals surface area (Å²) in [6, 6.07) is 14.9. The maximum atomic E-state index is 5.27. The summed E-state index contributed by atoms with van der Waals surface area (Å²) in [6.45, 7) is 2.98. The van der Waals surface area contributed by atoms with Crippen LogP contribution in [0.3, 0.4) is 0 Å². The van der Waals surface area contributed by atoms with Gasteiger partial charge in [0, 0.05) is 18.3 Å². The van der Waals surface area contributed by atoms with Gasteiger partial charge in [0.2, 0.25) is 0 Å². The number of nitrogens with zero attached hydrogens (tertiary/aromatic N) is 1. The average Bonchev–Trinajstić information content (AvgIpc) is 2.82. The van der Waals surface area contributed by atoms with Gasteiger partial charge < -0.3 is 9.30 Å². The van der Waals surface area contributed by atoms with Crippen molar-refractivity contribution in [3.8, 4) is 5.75 Å². The van der Waals surface area contributed by atoms with Crippen LogP contribution in [0.4, 0.5) is 0 Å². The van der Waals surface area contributed by atoms with E-state index < -0.39 is 0 Å². The maximum Gasteiger partial charge on any atom is 0.133 e. The summed E-state index contributed by atoms with van der Waals surface area (Å²) in [5, 5.41) is 1.28. The minimum atomic E-state index is 0.857. The number of methoxy groups -OCH3 is 1. The van der Waals surface area contributed by atoms with Gasteiger partial charge in [-0.25, -0.2) is 0 Å². The topological polar surface area (TPSA) is 14.2 Å². The van der Waals surface area contributed by atoms with E-state index in [0.717, 1.165) is 16.8 Å². The standard InChI is InChI=1S/C17H16BrNO/c1-12-3-5-14-7-8-19(16(14)9-12)11-13-4-6-17(20-2)15(18)10-13/h3-10H,11H2,1-2H3. The van der Waals surface area contributed by atoms with Crippen LogP contribution in [0.2, 0.25) is 0 Å². The summed E-state index contributed by atoms with van der Waals surface area (Å²) in [5.41, 5.74) is 3.81. The Labute approximate surface area is 127 Å². The van der Waals surface area contributed by atoms with Crippen molar-refractivity contribution < 1.29 is 4.74 Å². The highest BCUT2D eigenvalue weighted by atomic mass is 79.9. The normalized spacial score (nSPS) is 10.9. The van der Waals surface area contributed by atoms with E-state index in [9.17, 15) is 0 Å². The lowest BCUT2D eigenvalue weighted by molar-refractivity contribution is 0.412. The maximum absolute atomic E-state index is 5.27. The number of benzene rings is 2. The van der Waals surface area contributed by atoms with Crippen molar-refractivity contribution in [2.75, 3.05) is 7.11 Å². The summed E-state index contributed by atoms with van der Waals surface area (Å²) in [6.07, 6.45) is 2.14. The van der Waals surface area contributed by atoms with Crippen LogP contribution in [-0.4, -0.2) is 11.7 Å². The molecule has 1 heterocycles. The lowest BCUT2D eigenvalue weighted by Crippen LogP contribution is -1.98. The molecule has 0 unspecified atom stereocenters. The van der Waals surface area contributed by atoms with Crippen LogP contribution in [0.1, 0.15) is 11.1 Å². The monoisotopic (exact) mass is 329 g/mol. The second kappa shape index (κ2) is 5.33. The fourth-order valence-electron chi connectivity index (χ4n) is 2.44. The Kier molecular flexibility index (Phi) is 3.53. The number of hydrogen-bond donors (Lipinski definition) is 0. The van der Waals surface area contributed by atoms with Crippen molar-refractivity contribution in [2.45, 2.75) is 13.5 Å². The molecule has 0 bridgehead atoms. The van der Waals surface area contributed by atoms with Crippen molar-refractivity contribution in [2.24, 2.45) is 0 Å². The van der Waals surface area contributed by atoms with Gasteiger partial charge in [0.25, 0.3) is 0 Å². The van der Waals surface area contributed by atoms with Crippen LogP contribution in [0.25, 0.3) is 10.9 Å². The highest BCUT2D eigenvalue weighted by Crippen LogP contribution is 2.26. The molecule has 2 aromatic carbocycles. The zero-order valence-electron chi connectivity index (χ0n) is 11.6. The van der Waals surface area contributed by atoms with Gasteiger partial charge in [-0.2, -0.15) is 0 Å². The molecule has 0 aliphatic heterocycles. The Balaban J connectivity index is 1.97. The van der Waals surface area contributed by atoms with E-state index >= 15 is 0 Å². The van der Waals surface area contributed by atoms with Crippen LogP contribution in [0, 0.1) is 6.92 Å². The minimum Gasteiger partial charge on any atom is -0.496 e. The van der Waals surface area contributed by atoms with Crippen molar-refractivity contribution in [3.63, 3.8) is 0 Å². The molecule has 0 fully saturated rings. The molecule has 3 rings (SSSR count). The van der Waals surface area contributed by atoms with E-state index in [1.165, 1.54) is 22.0 Å². The smallest absolute Gasteiger partial charge is 0.133 e. The molecule has 0 amide bonds. The number of fused-ring (bicyclic) bond motifs is 1. The average molecular weight is 330 g/mol. The molecule has 0 atom stereocenters. The minimum absolute atomic E-state index is 0.857. The van der Waals surface area contributed by atoms with Crippen LogP contribution in [-0.2, 0) is 6.54 Å². The first-order valence-electron chi connectivity index (χ1n) is 6.55. The molecular formula is C17H16BrNO. The van der Waals surface area contributed by atoms with Gasteiger partial charge >= 0.3 is 0 Å². The van der Waals surface area contributed by atoms with Gasteiger partial charge in [0.1, 0.15) is 5.75 Å². The molecule has 0 radical (unpaired) electrons. The third-order valence-corrected chi connectivity index (χ3v) is 4.12. The summed E-state index contributed by atoms with van der Waals surface area (Å²) in [5.74, 6) is 0.863. The van der Waals surface area contributed by atoms with E-state index in [1.54, 1.807) is 7.11 Å². The first-order valence-corrected chi connectivity index (χ1v) is 7.34. The van der Waals surface area contributed by atoms with E-state index in [2.05, 4.69) is 70.0 Å². The molecule has 1 aromatic heterocycles. The number of ether oxygens (including phenoxy) is 1. The molecule has 0 aliphatic carbocycles. The Morgan fingerprint density at radius 2 is 1.95 bits per heavy atom. The zero-order chi connectivity index (χ0) is 14.1. The lowest BCUT2D eigenvalue weighted by atomic mass is 10.2. The summed E-state index contributed by atoms with van der Waals surface area (Å²) in [7, 11) is 1.68. The molecule has 0 saturated heterocycles. The Bertz CT molecular complexity index is 761. The van der Waals surface area contributed by atoms with Gasteiger partial charge in [-0.3, -0.25) is 0 Å². The van der Waals surface area contributed by atoms with Gasteiger partial charge in [-0.1, -0.05) is 18.2 Å². The molecular weight excluding hydrogens is 314 g/mol. The van der Waals surface area contributed by atoms with Gasteiger partial charge in [0.05, 0.1) is 11.6 Å². The van der Waals surface area contributed by atoms with E-state index in [1.807, 2.05) is 6.07 Å². The summed E-state index contributed by atoms with van der Waals surface area (Å²) < 4.78 is 8.53. The van der Waals surface area contributed by atoms with Crippen LogP contribution in [0.5, 0.6) is 5.75 Å². The largest absolute Gasteiger partial charge is 0.496 e. The van der Waals surface area contributed by atoms with Crippen molar-refractivity contribution in [3.05, 3.63) is 64.3 Å². The predicted octanol–water partition coefficient (Wildman–Crippen LogP) is 4.77. The summed E-state index contributed by atoms with van der Waals surface area (Å²) in [4.78, 5) is 0. The molecule has 0 spiro atoms. The number of aromatic nitrogens is 1. The molecule has 3 heteroatoms. The van der Waals surface area contributed by atoms with E-state index in [0.29, 0.717) is 0 Å². The highest BCUT2D eigenvalue weighted by molar-refractivity contribution is 9.10. The van der Waals surface area contributed by atoms with E-state index in [-0.39, 0.29) is 0 Å². The lowest BCUT2D eigenvalue weighted by Gasteiger charge is -2.09. The Hall–Kier alpha value is -1.74. The quantitative estimate of drug-likeness (QED) is 0.675. The second-order valence-corrected chi connectivity index (χ2v) is 5.83. The van der Waals surface area contributed by atoms with Crippen LogP contribution >= 0.6 is 15.9 Å². The first kappa shape index (κ1) is 13.3. The first-order chi connectivity index (χ1) is 9.67. The van der Waals surface area contributed by atoms with Crippen LogP contribution < -0.4 is 4.74 Å². The molecule has 0 N–H and O–H groups in total. The third-order valence-electron chi connectivity index (χ3n) is 3.50. The molecule has 3 aromatic rings. The molecule has 0 aliphatic rings. The molecule has 2 nitrogen and oxygen atoms in total. The predicted molar refractivity (Wildman–Crippen MR) is 86.5 cm³/mol. The van der Waals surface area contributed by atoms with Crippen molar-refractivity contribution >= 4 is 26.8 Å². The molecule has 20 heavy (non-hydrogen) atoms. The fraction of sp³-hybridized carbons (Fsp3) is 0.176.